The first kappa shape index (κ1) is 8.56. The highest BCUT2D eigenvalue weighted by Gasteiger charge is 2.05. The Labute approximate surface area is 70.9 Å². The van der Waals surface area contributed by atoms with E-state index in [-0.39, 0.29) is 0 Å². The molecule has 0 saturated carbocycles. The normalized spacial score (nSPS) is 13.0. The molecule has 0 bridgehead atoms. The molecular weight excluding hydrogens is 158 g/mol. The van der Waals surface area contributed by atoms with Gasteiger partial charge in [-0.15, -0.1) is 11.8 Å². The molecule has 1 radical (unpaired) electrons. The van der Waals surface area contributed by atoms with Crippen molar-refractivity contribution in [3.63, 3.8) is 0 Å². The number of aliphatic hydroxyl groups is 1. The molecule has 0 aliphatic carbocycles. The largest absolute Gasteiger partial charge is 0.337 e. The number of nitrogens with zero attached hydrogens (tertiary/aromatic N) is 1. The molecule has 1 aromatic heterocycles. The minimum absolute atomic E-state index is 0.459. The SMILES string of the molecule is [CH2]Sc1cc[n+](C(C)O)cc1. The van der Waals surface area contributed by atoms with Crippen LogP contribution in [0, 0.1) is 6.26 Å². The van der Waals surface area contributed by atoms with Crippen molar-refractivity contribution < 1.29 is 9.67 Å². The summed E-state index contributed by atoms with van der Waals surface area (Å²) in [6, 6.07) is 3.84. The summed E-state index contributed by atoms with van der Waals surface area (Å²) < 4.78 is 1.72. The van der Waals surface area contributed by atoms with E-state index in [2.05, 4.69) is 6.26 Å². The Bertz CT molecular complexity index is 220. The molecule has 1 N–H and O–H groups in total. The minimum Gasteiger partial charge on any atom is -0.337 e. The first-order valence-electron chi connectivity index (χ1n) is 3.35. The number of thioether (sulfide) groups is 1. The van der Waals surface area contributed by atoms with Gasteiger partial charge in [-0.2, -0.15) is 4.57 Å². The number of aromatic nitrogens is 1. The Balaban J connectivity index is 2.83. The van der Waals surface area contributed by atoms with E-state index in [0.717, 1.165) is 4.90 Å². The highest BCUT2D eigenvalue weighted by molar-refractivity contribution is 8.00. The smallest absolute Gasteiger partial charge is 0.257 e. The van der Waals surface area contributed by atoms with Gasteiger partial charge in [0.05, 0.1) is 0 Å². The molecule has 0 aliphatic rings. The zero-order chi connectivity index (χ0) is 8.27. The Hall–Kier alpha value is -0.540. The van der Waals surface area contributed by atoms with Crippen LogP contribution >= 0.6 is 11.8 Å². The molecular formula is C8H11NOS+. The van der Waals surface area contributed by atoms with Gasteiger partial charge in [0, 0.05) is 30.2 Å². The summed E-state index contributed by atoms with van der Waals surface area (Å²) in [5.41, 5.74) is 0. The lowest BCUT2D eigenvalue weighted by Gasteiger charge is -1.98. The minimum atomic E-state index is -0.459. The van der Waals surface area contributed by atoms with Gasteiger partial charge in [0.1, 0.15) is 0 Å². The molecule has 0 aliphatic heterocycles. The predicted octanol–water partition coefficient (Wildman–Crippen LogP) is 1.37. The lowest BCUT2D eigenvalue weighted by molar-refractivity contribution is -0.756. The van der Waals surface area contributed by atoms with Gasteiger partial charge in [-0.05, 0) is 0 Å². The molecule has 59 valence electrons. The molecule has 1 rings (SSSR count). The zero-order valence-corrected chi connectivity index (χ0v) is 7.21. The third kappa shape index (κ3) is 2.20. The van der Waals surface area contributed by atoms with Crippen LogP contribution in [0.25, 0.3) is 0 Å². The van der Waals surface area contributed by atoms with E-state index in [1.54, 1.807) is 11.5 Å². The van der Waals surface area contributed by atoms with E-state index in [1.807, 2.05) is 24.5 Å². The lowest BCUT2D eigenvalue weighted by atomic mass is 10.4. The second-order valence-electron chi connectivity index (χ2n) is 2.26. The Morgan fingerprint density at radius 2 is 2.09 bits per heavy atom. The van der Waals surface area contributed by atoms with Crippen molar-refractivity contribution in [2.75, 3.05) is 0 Å². The summed E-state index contributed by atoms with van der Waals surface area (Å²) in [4.78, 5) is 1.10. The van der Waals surface area contributed by atoms with Crippen LogP contribution in [-0.4, -0.2) is 5.11 Å². The fourth-order valence-electron chi connectivity index (χ4n) is 0.770. The Morgan fingerprint density at radius 3 is 2.45 bits per heavy atom. The quantitative estimate of drug-likeness (QED) is 0.534. The number of pyridine rings is 1. The molecule has 11 heavy (non-hydrogen) atoms. The van der Waals surface area contributed by atoms with Crippen molar-refractivity contribution in [1.29, 1.82) is 0 Å². The number of rotatable bonds is 2. The third-order valence-corrected chi connectivity index (χ3v) is 2.03. The lowest BCUT2D eigenvalue weighted by Crippen LogP contribution is -2.36. The van der Waals surface area contributed by atoms with Gasteiger partial charge in [0.2, 0.25) is 0 Å². The van der Waals surface area contributed by atoms with Crippen molar-refractivity contribution in [2.45, 2.75) is 18.0 Å². The Kier molecular flexibility index (Phi) is 2.91. The molecule has 3 heteroatoms. The van der Waals surface area contributed by atoms with Gasteiger partial charge in [-0.3, -0.25) is 0 Å². The maximum absolute atomic E-state index is 9.13. The average Bonchev–Trinajstić information content (AvgIpc) is 2.05. The van der Waals surface area contributed by atoms with E-state index >= 15 is 0 Å². The van der Waals surface area contributed by atoms with Crippen LogP contribution < -0.4 is 4.57 Å². The van der Waals surface area contributed by atoms with E-state index in [1.165, 1.54) is 11.8 Å². The number of aliphatic hydroxyl groups excluding tert-OH is 1. The molecule has 1 aromatic rings. The zero-order valence-electron chi connectivity index (χ0n) is 6.40. The number of hydrogen-bond acceptors (Lipinski definition) is 2. The third-order valence-electron chi connectivity index (χ3n) is 1.42. The van der Waals surface area contributed by atoms with E-state index in [4.69, 9.17) is 5.11 Å². The maximum Gasteiger partial charge on any atom is 0.257 e. The summed E-state index contributed by atoms with van der Waals surface area (Å²) >= 11 is 1.44. The van der Waals surface area contributed by atoms with Crippen LogP contribution in [0.15, 0.2) is 29.4 Å². The molecule has 0 fully saturated rings. The van der Waals surface area contributed by atoms with Crippen LogP contribution in [-0.2, 0) is 0 Å². The van der Waals surface area contributed by atoms with Gasteiger partial charge in [0.25, 0.3) is 6.23 Å². The fraction of sp³-hybridized carbons (Fsp3) is 0.250. The molecule has 0 amide bonds. The van der Waals surface area contributed by atoms with E-state index in [0.29, 0.717) is 0 Å². The van der Waals surface area contributed by atoms with E-state index < -0.39 is 6.23 Å². The first-order chi connectivity index (χ1) is 5.24. The van der Waals surface area contributed by atoms with Crippen LogP contribution in [0.4, 0.5) is 0 Å². The molecule has 1 unspecified atom stereocenters. The summed E-state index contributed by atoms with van der Waals surface area (Å²) in [6.45, 7) is 1.72. The van der Waals surface area contributed by atoms with Crippen LogP contribution in [0.1, 0.15) is 13.2 Å². The van der Waals surface area contributed by atoms with Crippen molar-refractivity contribution in [2.24, 2.45) is 0 Å². The summed E-state index contributed by atoms with van der Waals surface area (Å²) in [7, 11) is 0. The molecule has 2 nitrogen and oxygen atoms in total. The van der Waals surface area contributed by atoms with Crippen molar-refractivity contribution in [3.8, 4) is 0 Å². The molecule has 1 heterocycles. The second kappa shape index (κ2) is 3.74. The summed E-state index contributed by atoms with van der Waals surface area (Å²) in [5.74, 6) is 0. The van der Waals surface area contributed by atoms with Crippen molar-refractivity contribution >= 4 is 11.8 Å². The standard InChI is InChI=1S/C8H11NOS/c1-7(10)9-5-3-8(11-2)4-6-9/h3-7,10H,2H2,1H3/q+1. The Morgan fingerprint density at radius 1 is 1.55 bits per heavy atom. The summed E-state index contributed by atoms with van der Waals surface area (Å²) in [6.07, 6.45) is 6.88. The predicted molar refractivity (Wildman–Crippen MR) is 44.8 cm³/mol. The van der Waals surface area contributed by atoms with Gasteiger partial charge >= 0.3 is 0 Å². The summed E-state index contributed by atoms with van der Waals surface area (Å²) in [5, 5.41) is 9.13. The van der Waals surface area contributed by atoms with Crippen LogP contribution in [0.5, 0.6) is 0 Å². The van der Waals surface area contributed by atoms with Gasteiger partial charge < -0.3 is 5.11 Å². The topological polar surface area (TPSA) is 24.1 Å². The highest BCUT2D eigenvalue weighted by atomic mass is 32.2. The molecule has 0 aromatic carbocycles. The van der Waals surface area contributed by atoms with Crippen LogP contribution in [0.2, 0.25) is 0 Å². The molecule has 0 saturated heterocycles. The number of hydrogen-bond donors (Lipinski definition) is 1. The second-order valence-corrected chi connectivity index (χ2v) is 3.02. The molecule has 0 spiro atoms. The van der Waals surface area contributed by atoms with Gasteiger partial charge in [-0.25, -0.2) is 0 Å². The van der Waals surface area contributed by atoms with E-state index in [9.17, 15) is 0 Å². The fourth-order valence-corrected chi connectivity index (χ4v) is 1.08. The average molecular weight is 169 g/mol. The molecule has 1 atom stereocenters. The van der Waals surface area contributed by atoms with Gasteiger partial charge in [-0.1, -0.05) is 0 Å². The van der Waals surface area contributed by atoms with Crippen molar-refractivity contribution in [1.82, 2.24) is 0 Å². The highest BCUT2D eigenvalue weighted by Crippen LogP contribution is 2.12. The van der Waals surface area contributed by atoms with Gasteiger partial charge in [0.15, 0.2) is 12.4 Å². The van der Waals surface area contributed by atoms with Crippen molar-refractivity contribution in [3.05, 3.63) is 30.8 Å². The monoisotopic (exact) mass is 169 g/mol. The first-order valence-corrected chi connectivity index (χ1v) is 4.33. The van der Waals surface area contributed by atoms with Crippen LogP contribution in [0.3, 0.4) is 0 Å². The maximum atomic E-state index is 9.13.